The Morgan fingerprint density at radius 3 is 1.74 bits per heavy atom. The van der Waals surface area contributed by atoms with Gasteiger partial charge in [-0.2, -0.15) is 0 Å². The van der Waals surface area contributed by atoms with Gasteiger partial charge in [-0.25, -0.2) is 4.79 Å². The summed E-state index contributed by atoms with van der Waals surface area (Å²) < 4.78 is 24.1. The van der Waals surface area contributed by atoms with Gasteiger partial charge in [0.15, 0.2) is 0 Å². The number of hydrogen-bond acceptors (Lipinski definition) is 8. The second-order valence-electron chi connectivity index (χ2n) is 10.6. The van der Waals surface area contributed by atoms with Gasteiger partial charge in [0.25, 0.3) is 0 Å². The van der Waals surface area contributed by atoms with Crippen molar-refractivity contribution in [2.75, 3.05) is 6.61 Å². The van der Waals surface area contributed by atoms with Crippen LogP contribution in [0.2, 0.25) is 0 Å². The summed E-state index contributed by atoms with van der Waals surface area (Å²) in [4.78, 5) is 11.9. The molecule has 6 rings (SSSR count). The van der Waals surface area contributed by atoms with Crippen molar-refractivity contribution in [2.24, 2.45) is 0 Å². The second-order valence-corrected chi connectivity index (χ2v) is 10.6. The molecule has 5 atom stereocenters. The Kier molecular flexibility index (Phi) is 16.1. The van der Waals surface area contributed by atoms with Crippen LogP contribution in [-0.2, 0) is 15.1 Å². The molecule has 2 heterocycles. The number of rotatable bonds is 8. The van der Waals surface area contributed by atoms with Crippen molar-refractivity contribution in [1.29, 1.82) is 0 Å². The van der Waals surface area contributed by atoms with Gasteiger partial charge in [-0.15, -0.1) is 0 Å². The Labute approximate surface area is 374 Å². The first-order valence-electron chi connectivity index (χ1n) is 14.1. The molecule has 2 unspecified atom stereocenters. The number of benzene rings is 4. The van der Waals surface area contributed by atoms with E-state index in [0.29, 0.717) is 5.58 Å². The molecule has 0 amide bonds. The van der Waals surface area contributed by atoms with E-state index < -0.39 is 41.9 Å². The number of ether oxygens (including phenoxy) is 3. The molecule has 0 aliphatic carbocycles. The van der Waals surface area contributed by atoms with E-state index in [9.17, 15) is 20.1 Å². The maximum Gasteiger partial charge on any atom is 0.336 e. The van der Waals surface area contributed by atoms with Gasteiger partial charge in [-0.1, -0.05) is 91.0 Å². The Bertz CT molecular complexity index is 1640. The average molecular weight is 1260 g/mol. The van der Waals surface area contributed by atoms with Crippen LogP contribution in [0, 0.1) is 139 Å². The molecule has 11 heteroatoms. The summed E-state index contributed by atoms with van der Waals surface area (Å²) in [5.41, 5.74) is 2.06. The van der Waals surface area contributed by atoms with Crippen LogP contribution in [0.3, 0.4) is 0 Å². The SMILES string of the molecule is Cc1cc(=O)oc2cc(O[C@@H]3OC(COC(c4ccccc4)(c4ccccc4)c4ccccc4)[C@@H](O)[C@H](O)C3O)ccc12.[Ac].[Ac].[Ac]. The van der Waals surface area contributed by atoms with Crippen LogP contribution in [0.25, 0.3) is 11.0 Å². The minimum Gasteiger partial charge on any atom is -0.462 e. The zero-order valence-corrected chi connectivity index (χ0v) is 39.4. The molecule has 46 heavy (non-hydrogen) atoms. The molecule has 229 valence electrons. The summed E-state index contributed by atoms with van der Waals surface area (Å²) in [6.45, 7) is 1.64. The second kappa shape index (κ2) is 18.3. The third-order valence-corrected chi connectivity index (χ3v) is 7.85. The summed E-state index contributed by atoms with van der Waals surface area (Å²) in [7, 11) is 0. The van der Waals surface area contributed by atoms with Gasteiger partial charge >= 0.3 is 5.63 Å². The van der Waals surface area contributed by atoms with Crippen LogP contribution in [-0.4, -0.2) is 52.6 Å². The molecule has 1 aliphatic rings. The first-order valence-corrected chi connectivity index (χ1v) is 14.1. The van der Waals surface area contributed by atoms with Gasteiger partial charge in [0.2, 0.25) is 6.29 Å². The van der Waals surface area contributed by atoms with Crippen LogP contribution >= 0.6 is 0 Å². The number of aliphatic hydroxyl groups is 3. The standard InChI is InChI=1S/C35H32O8.3Ac/c1-22-19-30(36)42-28-20-26(17-18-27(22)28)41-34-33(39)32(38)31(37)29(43-34)21-40-35(23-11-5-2-6-12-23,24-13-7-3-8-14-24)25-15-9-4-10-16-25;;;/h2-20,29,31-34,37-39H,21H2,1H3;;;/t29?,31-,32+,33?,34-;;;/m1.../s1. The molecular formula is C35H32Ac3O8. The fourth-order valence-electron chi connectivity index (χ4n) is 5.64. The summed E-state index contributed by atoms with van der Waals surface area (Å²) in [6, 6.07) is 35.5. The Balaban J connectivity index is 0.00000192. The maximum atomic E-state index is 11.9. The van der Waals surface area contributed by atoms with Crippen LogP contribution in [0.4, 0.5) is 0 Å². The summed E-state index contributed by atoms with van der Waals surface area (Å²) in [6.07, 6.45) is -7.02. The summed E-state index contributed by atoms with van der Waals surface area (Å²) in [5, 5.41) is 33.3. The molecule has 1 aromatic heterocycles. The van der Waals surface area contributed by atoms with Crippen molar-refractivity contribution in [3.63, 3.8) is 0 Å². The molecule has 0 saturated carbocycles. The quantitative estimate of drug-likeness (QED) is 0.156. The molecule has 5 aromatic rings. The van der Waals surface area contributed by atoms with Crippen LogP contribution < -0.4 is 10.4 Å². The molecule has 0 spiro atoms. The van der Waals surface area contributed by atoms with E-state index in [1.54, 1.807) is 19.1 Å². The van der Waals surface area contributed by atoms with Gasteiger partial charge in [-0.3, -0.25) is 0 Å². The Hall–Kier alpha value is 0.0147. The van der Waals surface area contributed by atoms with E-state index in [4.69, 9.17) is 18.6 Å². The smallest absolute Gasteiger partial charge is 0.336 e. The van der Waals surface area contributed by atoms with E-state index in [0.717, 1.165) is 27.6 Å². The molecule has 1 fully saturated rings. The first-order chi connectivity index (χ1) is 20.9. The predicted molar refractivity (Wildman–Crippen MR) is 160 cm³/mol. The van der Waals surface area contributed by atoms with Crippen molar-refractivity contribution in [3.8, 4) is 5.75 Å². The number of aryl methyl sites for hydroxylation is 1. The largest absolute Gasteiger partial charge is 0.462 e. The Morgan fingerprint density at radius 1 is 0.696 bits per heavy atom. The number of fused-ring (bicyclic) bond motifs is 1. The fourth-order valence-corrected chi connectivity index (χ4v) is 5.64. The molecule has 3 radical (unpaired) electrons. The normalized spacial score (nSPS) is 20.9. The van der Waals surface area contributed by atoms with Crippen molar-refractivity contribution in [3.05, 3.63) is 148 Å². The molecule has 1 aliphatic heterocycles. The van der Waals surface area contributed by atoms with Crippen LogP contribution in [0.15, 0.2) is 124 Å². The van der Waals surface area contributed by atoms with Gasteiger partial charge in [-0.05, 0) is 41.3 Å². The topological polar surface area (TPSA) is 119 Å². The third kappa shape index (κ3) is 8.65. The van der Waals surface area contributed by atoms with E-state index in [2.05, 4.69) is 0 Å². The van der Waals surface area contributed by atoms with Crippen molar-refractivity contribution in [2.45, 2.75) is 43.2 Å². The zero-order chi connectivity index (χ0) is 30.0. The number of aliphatic hydroxyl groups excluding tert-OH is 3. The van der Waals surface area contributed by atoms with Gasteiger partial charge in [0, 0.05) is 150 Å². The van der Waals surface area contributed by atoms with Gasteiger partial charge < -0.3 is 33.9 Å². The summed E-state index contributed by atoms with van der Waals surface area (Å²) in [5.74, 6) is 0.251. The third-order valence-electron chi connectivity index (χ3n) is 7.85. The number of hydrogen-bond donors (Lipinski definition) is 3. The Morgan fingerprint density at radius 2 is 1.22 bits per heavy atom. The van der Waals surface area contributed by atoms with Crippen molar-refractivity contribution in [1.82, 2.24) is 0 Å². The van der Waals surface area contributed by atoms with Crippen molar-refractivity contribution >= 4 is 11.0 Å². The summed E-state index contributed by atoms with van der Waals surface area (Å²) >= 11 is 0. The van der Waals surface area contributed by atoms with Crippen LogP contribution in [0.1, 0.15) is 22.3 Å². The van der Waals surface area contributed by atoms with Gasteiger partial charge in [0.1, 0.15) is 41.3 Å². The molecule has 0 bridgehead atoms. The van der Waals surface area contributed by atoms with E-state index in [1.165, 1.54) is 12.1 Å². The molecule has 3 N–H and O–H groups in total. The predicted octanol–water partition coefficient (Wildman–Crippen LogP) is 4.30. The van der Waals surface area contributed by atoms with Crippen molar-refractivity contribution < 1.29 is 166 Å². The minimum atomic E-state index is -1.58. The van der Waals surface area contributed by atoms with Crippen LogP contribution in [0.5, 0.6) is 5.75 Å². The molecular weight excluding hydrogens is 1230 g/mol. The van der Waals surface area contributed by atoms with E-state index in [-0.39, 0.29) is 145 Å². The minimum absolute atomic E-state index is 0. The van der Waals surface area contributed by atoms with E-state index in [1.807, 2.05) is 91.0 Å². The maximum absolute atomic E-state index is 11.9. The molecule has 8 nitrogen and oxygen atoms in total. The molecule has 1 saturated heterocycles. The fraction of sp³-hybridized carbons (Fsp3) is 0.229. The zero-order valence-electron chi connectivity index (χ0n) is 25.2. The van der Waals surface area contributed by atoms with E-state index >= 15 is 0 Å². The van der Waals surface area contributed by atoms with Gasteiger partial charge in [0.05, 0.1) is 6.61 Å². The average Bonchev–Trinajstić information content (AvgIpc) is 3.03. The first kappa shape index (κ1) is 40.4. The molecule has 4 aromatic carbocycles. The monoisotopic (exact) mass is 1260 g/mol.